The van der Waals surface area contributed by atoms with Gasteiger partial charge < -0.3 is 10.6 Å². The number of hydrogen-bond donors (Lipinski definition) is 1. The first-order valence-corrected chi connectivity index (χ1v) is 6.05. The molecule has 0 amide bonds. The Morgan fingerprint density at radius 3 is 2.58 bits per heavy atom. The lowest BCUT2D eigenvalue weighted by atomic mass is 9.87. The molecule has 0 aliphatic carbocycles. The highest BCUT2D eigenvalue weighted by molar-refractivity contribution is 5.81. The lowest BCUT2D eigenvalue weighted by molar-refractivity contribution is -0.139. The van der Waals surface area contributed by atoms with Gasteiger partial charge in [-0.2, -0.15) is 13.2 Å². The van der Waals surface area contributed by atoms with E-state index in [1.165, 1.54) is 12.1 Å². The second kappa shape index (κ2) is 4.43. The molecule has 1 aliphatic heterocycles. The van der Waals surface area contributed by atoms with Gasteiger partial charge in [-0.1, -0.05) is 18.2 Å². The molecule has 1 aliphatic rings. The maximum Gasteiger partial charge on any atom is 0.416 e. The van der Waals surface area contributed by atoms with Crippen molar-refractivity contribution in [3.63, 3.8) is 0 Å². The highest BCUT2D eigenvalue weighted by atomic mass is 19.4. The van der Waals surface area contributed by atoms with Crippen LogP contribution in [0.15, 0.2) is 29.3 Å². The van der Waals surface area contributed by atoms with Crippen molar-refractivity contribution in [2.24, 2.45) is 10.7 Å². The van der Waals surface area contributed by atoms with Gasteiger partial charge in [0, 0.05) is 6.54 Å². The van der Waals surface area contributed by atoms with Crippen LogP contribution in [-0.2, 0) is 11.7 Å². The number of alkyl halides is 3. The van der Waals surface area contributed by atoms with Gasteiger partial charge in [-0.15, -0.1) is 0 Å². The Morgan fingerprint density at radius 2 is 2.00 bits per heavy atom. The number of guanidine groups is 1. The van der Waals surface area contributed by atoms with Crippen LogP contribution < -0.4 is 5.73 Å². The number of nitrogens with two attached hydrogens (primary N) is 1. The molecule has 19 heavy (non-hydrogen) atoms. The van der Waals surface area contributed by atoms with Crippen LogP contribution in [0.3, 0.4) is 0 Å². The van der Waals surface area contributed by atoms with E-state index in [9.17, 15) is 13.2 Å². The summed E-state index contributed by atoms with van der Waals surface area (Å²) < 4.78 is 39.3. The van der Waals surface area contributed by atoms with Gasteiger partial charge in [-0.3, -0.25) is 4.99 Å². The molecule has 0 spiro atoms. The fourth-order valence-corrected chi connectivity index (χ4v) is 2.60. The standard InChI is InChI=1S/C13H16F3N3/c1-3-19-11(17)18-8-12(19,2)9-6-4-5-7-10(9)13(14,15)16/h4-7H,3,8H2,1-2H3,(H2,17,18). The summed E-state index contributed by atoms with van der Waals surface area (Å²) >= 11 is 0. The zero-order valence-corrected chi connectivity index (χ0v) is 10.8. The molecule has 1 aromatic rings. The third kappa shape index (κ3) is 2.15. The molecular weight excluding hydrogens is 255 g/mol. The van der Waals surface area contributed by atoms with Crippen LogP contribution in [0.5, 0.6) is 0 Å². The number of rotatable bonds is 2. The predicted octanol–water partition coefficient (Wildman–Crippen LogP) is 2.57. The van der Waals surface area contributed by atoms with Gasteiger partial charge in [0.1, 0.15) is 0 Å². The van der Waals surface area contributed by atoms with Gasteiger partial charge in [-0.25, -0.2) is 0 Å². The van der Waals surface area contributed by atoms with Crippen molar-refractivity contribution in [2.45, 2.75) is 25.6 Å². The molecule has 0 radical (unpaired) electrons. The van der Waals surface area contributed by atoms with E-state index in [1.54, 1.807) is 17.9 Å². The van der Waals surface area contributed by atoms with Gasteiger partial charge in [0.25, 0.3) is 0 Å². The largest absolute Gasteiger partial charge is 0.416 e. The summed E-state index contributed by atoms with van der Waals surface area (Å²) in [6.07, 6.45) is -4.38. The van der Waals surface area contributed by atoms with Gasteiger partial charge in [0.05, 0.1) is 17.6 Å². The molecule has 0 aromatic heterocycles. The number of halogens is 3. The van der Waals surface area contributed by atoms with E-state index in [-0.39, 0.29) is 12.1 Å². The molecule has 1 aromatic carbocycles. The Hall–Kier alpha value is -1.72. The van der Waals surface area contributed by atoms with Crippen molar-refractivity contribution in [1.82, 2.24) is 4.90 Å². The Balaban J connectivity index is 2.54. The monoisotopic (exact) mass is 271 g/mol. The summed E-state index contributed by atoms with van der Waals surface area (Å²) in [4.78, 5) is 5.80. The first-order valence-electron chi connectivity index (χ1n) is 6.05. The molecular formula is C13H16F3N3. The van der Waals surface area contributed by atoms with E-state index in [1.807, 2.05) is 6.92 Å². The van der Waals surface area contributed by atoms with Crippen LogP contribution in [0.4, 0.5) is 13.2 Å². The maximum absolute atomic E-state index is 13.1. The molecule has 1 unspecified atom stereocenters. The molecule has 2 rings (SSSR count). The molecule has 0 saturated carbocycles. The third-order valence-corrected chi connectivity index (χ3v) is 3.55. The summed E-state index contributed by atoms with van der Waals surface area (Å²) in [5.74, 6) is 0.293. The van der Waals surface area contributed by atoms with E-state index in [4.69, 9.17) is 5.73 Å². The van der Waals surface area contributed by atoms with Crippen molar-refractivity contribution < 1.29 is 13.2 Å². The smallest absolute Gasteiger partial charge is 0.370 e. The van der Waals surface area contributed by atoms with Crippen LogP contribution in [0.1, 0.15) is 25.0 Å². The molecule has 3 nitrogen and oxygen atoms in total. The molecule has 6 heteroatoms. The SMILES string of the molecule is CCN1C(N)=NCC1(C)c1ccccc1C(F)(F)F. The van der Waals surface area contributed by atoms with Gasteiger partial charge in [-0.05, 0) is 25.5 Å². The fourth-order valence-electron chi connectivity index (χ4n) is 2.60. The maximum atomic E-state index is 13.1. The van der Waals surface area contributed by atoms with Crippen molar-refractivity contribution in [2.75, 3.05) is 13.1 Å². The van der Waals surface area contributed by atoms with Crippen molar-refractivity contribution in [3.8, 4) is 0 Å². The molecule has 1 atom stereocenters. The number of likely N-dealkylation sites (N-methyl/N-ethyl adjacent to an activating group) is 1. The van der Waals surface area contributed by atoms with Crippen LogP contribution in [0, 0.1) is 0 Å². The highest BCUT2D eigenvalue weighted by Gasteiger charge is 2.44. The zero-order valence-electron chi connectivity index (χ0n) is 10.8. The van der Waals surface area contributed by atoms with E-state index < -0.39 is 17.3 Å². The molecule has 1 heterocycles. The third-order valence-electron chi connectivity index (χ3n) is 3.55. The number of aliphatic imine (C=N–C) groups is 1. The normalized spacial score (nSPS) is 23.6. The minimum absolute atomic E-state index is 0.216. The van der Waals surface area contributed by atoms with Crippen molar-refractivity contribution in [1.29, 1.82) is 0 Å². The molecule has 2 N–H and O–H groups in total. The Labute approximate surface area is 109 Å². The van der Waals surface area contributed by atoms with Gasteiger partial charge in [0.15, 0.2) is 5.96 Å². The Kier molecular flexibility index (Phi) is 3.20. The average molecular weight is 271 g/mol. The van der Waals surface area contributed by atoms with Crippen molar-refractivity contribution >= 4 is 5.96 Å². The van der Waals surface area contributed by atoms with E-state index in [0.29, 0.717) is 12.5 Å². The van der Waals surface area contributed by atoms with Crippen LogP contribution in [0.2, 0.25) is 0 Å². The Bertz CT molecular complexity index is 510. The number of nitrogens with zero attached hydrogens (tertiary/aromatic N) is 2. The summed E-state index contributed by atoms with van der Waals surface area (Å²) in [7, 11) is 0. The van der Waals surface area contributed by atoms with Crippen molar-refractivity contribution in [3.05, 3.63) is 35.4 Å². The highest BCUT2D eigenvalue weighted by Crippen LogP contribution is 2.40. The predicted molar refractivity (Wildman–Crippen MR) is 67.7 cm³/mol. The molecule has 104 valence electrons. The fraction of sp³-hybridized carbons (Fsp3) is 0.462. The second-order valence-corrected chi connectivity index (χ2v) is 4.74. The minimum atomic E-state index is -4.38. The Morgan fingerprint density at radius 1 is 1.37 bits per heavy atom. The average Bonchev–Trinajstić information content (AvgIpc) is 2.65. The molecule has 0 bridgehead atoms. The summed E-state index contributed by atoms with van der Waals surface area (Å²) in [6, 6.07) is 5.60. The zero-order chi connectivity index (χ0) is 14.3. The minimum Gasteiger partial charge on any atom is -0.370 e. The van der Waals surface area contributed by atoms with E-state index in [0.717, 1.165) is 6.07 Å². The van der Waals surface area contributed by atoms with Crippen LogP contribution >= 0.6 is 0 Å². The lowest BCUT2D eigenvalue weighted by Crippen LogP contribution is -2.48. The molecule has 0 fully saturated rings. The second-order valence-electron chi connectivity index (χ2n) is 4.74. The quantitative estimate of drug-likeness (QED) is 0.898. The van der Waals surface area contributed by atoms with E-state index >= 15 is 0 Å². The first-order chi connectivity index (χ1) is 8.80. The summed E-state index contributed by atoms with van der Waals surface area (Å²) in [5, 5.41) is 0. The lowest BCUT2D eigenvalue weighted by Gasteiger charge is -2.37. The van der Waals surface area contributed by atoms with Crippen LogP contribution in [-0.4, -0.2) is 23.9 Å². The van der Waals surface area contributed by atoms with E-state index in [2.05, 4.69) is 4.99 Å². The summed E-state index contributed by atoms with van der Waals surface area (Å²) in [6.45, 7) is 4.34. The summed E-state index contributed by atoms with van der Waals surface area (Å²) in [5.41, 5.74) is 4.51. The van der Waals surface area contributed by atoms with Gasteiger partial charge >= 0.3 is 6.18 Å². The first kappa shape index (κ1) is 13.7. The number of hydrogen-bond acceptors (Lipinski definition) is 3. The molecule has 0 saturated heterocycles. The topological polar surface area (TPSA) is 41.6 Å². The van der Waals surface area contributed by atoms with Gasteiger partial charge in [0.2, 0.25) is 0 Å². The van der Waals surface area contributed by atoms with Crippen LogP contribution in [0.25, 0.3) is 0 Å². The number of benzene rings is 1.